The first kappa shape index (κ1) is 8.78. The van der Waals surface area contributed by atoms with Gasteiger partial charge in [0.2, 0.25) is 0 Å². The van der Waals surface area contributed by atoms with E-state index in [1.807, 2.05) is 0 Å². The van der Waals surface area contributed by atoms with Crippen LogP contribution < -0.4 is 5.32 Å². The second-order valence-electron chi connectivity index (χ2n) is 3.46. The highest BCUT2D eigenvalue weighted by molar-refractivity contribution is 5.01. The van der Waals surface area contributed by atoms with Crippen molar-refractivity contribution in [2.45, 2.75) is 25.7 Å². The predicted octanol–water partition coefficient (Wildman–Crippen LogP) is 1.05. The highest BCUT2D eigenvalue weighted by Gasteiger charge is 2.33. The topological polar surface area (TPSA) is 27.8 Å². The van der Waals surface area contributed by atoms with Crippen LogP contribution >= 0.6 is 0 Å². The zero-order chi connectivity index (χ0) is 9.10. The molecule has 72 valence electrons. The fourth-order valence-corrected chi connectivity index (χ4v) is 1.41. The fraction of sp³-hybridized carbons (Fsp3) is 0.600. The minimum absolute atomic E-state index is 0.303. The van der Waals surface area contributed by atoms with Crippen LogP contribution in [0, 0.1) is 0 Å². The van der Waals surface area contributed by atoms with E-state index in [2.05, 4.69) is 41.7 Å². The summed E-state index contributed by atoms with van der Waals surface area (Å²) in [7, 11) is 0. The van der Waals surface area contributed by atoms with Gasteiger partial charge in [0.25, 0.3) is 0 Å². The maximum absolute atomic E-state index is 5.24. The Kier molecular flexibility index (Phi) is 2.66. The van der Waals surface area contributed by atoms with Crippen LogP contribution in [0.5, 0.6) is 0 Å². The number of hydrogen-bond donors (Lipinski definition) is 1. The summed E-state index contributed by atoms with van der Waals surface area (Å²) >= 11 is 0. The number of nitrogens with zero attached hydrogens (tertiary/aromatic N) is 1. The lowest BCUT2D eigenvalue weighted by Crippen LogP contribution is -2.28. The first-order chi connectivity index (χ1) is 6.36. The summed E-state index contributed by atoms with van der Waals surface area (Å²) < 4.78 is 5.24. The van der Waals surface area contributed by atoms with Gasteiger partial charge in [-0.1, -0.05) is 12.2 Å². The van der Waals surface area contributed by atoms with Gasteiger partial charge in [-0.15, -0.1) is 0 Å². The molecule has 2 atom stereocenters. The third-order valence-corrected chi connectivity index (χ3v) is 2.29. The van der Waals surface area contributed by atoms with Crippen molar-refractivity contribution in [3.63, 3.8) is 0 Å². The number of ether oxygens (including phenoxy) is 1. The highest BCUT2D eigenvalue weighted by Crippen LogP contribution is 2.16. The molecule has 1 saturated heterocycles. The molecule has 2 aliphatic heterocycles. The number of hydrogen-bond acceptors (Lipinski definition) is 3. The van der Waals surface area contributed by atoms with E-state index in [1.165, 1.54) is 0 Å². The lowest BCUT2D eigenvalue weighted by molar-refractivity contribution is 0.342. The Morgan fingerprint density at radius 3 is 2.77 bits per heavy atom. The minimum atomic E-state index is 0.303. The van der Waals surface area contributed by atoms with E-state index in [-0.39, 0.29) is 0 Å². The van der Waals surface area contributed by atoms with Crippen molar-refractivity contribution in [1.82, 2.24) is 10.2 Å². The fourth-order valence-electron chi connectivity index (χ4n) is 1.41. The van der Waals surface area contributed by atoms with Gasteiger partial charge in [-0.3, -0.25) is 5.32 Å². The molecule has 1 fully saturated rings. The lowest BCUT2D eigenvalue weighted by Gasteiger charge is -2.17. The molecular formula is C10H16N2O. The van der Waals surface area contributed by atoms with Crippen molar-refractivity contribution in [3.05, 3.63) is 24.6 Å². The van der Waals surface area contributed by atoms with E-state index in [9.17, 15) is 0 Å². The Hall–Kier alpha value is -0.800. The summed E-state index contributed by atoms with van der Waals surface area (Å²) in [4.78, 5) is 2.18. The van der Waals surface area contributed by atoms with Gasteiger partial charge in [0.05, 0.1) is 6.10 Å². The summed E-state index contributed by atoms with van der Waals surface area (Å²) in [5, 5.41) is 3.32. The monoisotopic (exact) mass is 180 g/mol. The maximum Gasteiger partial charge on any atom is 0.135 e. The van der Waals surface area contributed by atoms with Crippen molar-refractivity contribution < 1.29 is 4.74 Å². The van der Waals surface area contributed by atoms with Crippen LogP contribution in [0.2, 0.25) is 0 Å². The average Bonchev–Trinajstić information content (AvgIpc) is 2.84. The van der Waals surface area contributed by atoms with Gasteiger partial charge in [0.15, 0.2) is 0 Å². The van der Waals surface area contributed by atoms with Crippen LogP contribution in [-0.4, -0.2) is 30.3 Å². The first-order valence-electron chi connectivity index (χ1n) is 4.84. The van der Waals surface area contributed by atoms with Crippen molar-refractivity contribution >= 4 is 0 Å². The van der Waals surface area contributed by atoms with Crippen molar-refractivity contribution in [2.75, 3.05) is 13.1 Å². The quantitative estimate of drug-likeness (QED) is 0.655. The number of allylic oxidation sites excluding steroid dienone is 2. The number of nitrogens with one attached hydrogen (secondary N) is 1. The number of rotatable bonds is 4. The molecule has 0 bridgehead atoms. The highest BCUT2D eigenvalue weighted by atomic mass is 16.6. The zero-order valence-electron chi connectivity index (χ0n) is 7.94. The number of epoxide rings is 1. The Labute approximate surface area is 79.1 Å². The van der Waals surface area contributed by atoms with Gasteiger partial charge in [0.1, 0.15) is 6.23 Å². The van der Waals surface area contributed by atoms with E-state index >= 15 is 0 Å². The first-order valence-corrected chi connectivity index (χ1v) is 4.84. The zero-order valence-corrected chi connectivity index (χ0v) is 7.94. The van der Waals surface area contributed by atoms with Gasteiger partial charge in [-0.2, -0.15) is 0 Å². The normalized spacial score (nSPS) is 31.0. The molecule has 0 aromatic carbocycles. The van der Waals surface area contributed by atoms with E-state index in [4.69, 9.17) is 4.74 Å². The summed E-state index contributed by atoms with van der Waals surface area (Å²) in [6.45, 7) is 4.07. The minimum Gasteiger partial charge on any atom is -0.354 e. The Morgan fingerprint density at radius 2 is 2.15 bits per heavy atom. The molecule has 0 aromatic rings. The van der Waals surface area contributed by atoms with Crippen LogP contribution in [0.25, 0.3) is 0 Å². The van der Waals surface area contributed by atoms with Crippen LogP contribution in [0.15, 0.2) is 24.6 Å². The molecule has 3 nitrogen and oxygen atoms in total. The van der Waals surface area contributed by atoms with E-state index in [0.717, 1.165) is 19.5 Å². The van der Waals surface area contributed by atoms with Crippen molar-refractivity contribution in [3.8, 4) is 0 Å². The summed E-state index contributed by atoms with van der Waals surface area (Å²) in [5.74, 6) is 0. The SMILES string of the molecule is C[C@H]1OC1NCCN1C=CCC=C1. The Morgan fingerprint density at radius 1 is 1.46 bits per heavy atom. The molecule has 0 radical (unpaired) electrons. The van der Waals surface area contributed by atoms with Gasteiger partial charge in [-0.25, -0.2) is 0 Å². The van der Waals surface area contributed by atoms with E-state index in [0.29, 0.717) is 12.3 Å². The second-order valence-corrected chi connectivity index (χ2v) is 3.46. The average molecular weight is 180 g/mol. The summed E-state index contributed by atoms with van der Waals surface area (Å²) in [6.07, 6.45) is 10.3. The predicted molar refractivity (Wildman–Crippen MR) is 51.9 cm³/mol. The van der Waals surface area contributed by atoms with E-state index in [1.54, 1.807) is 0 Å². The molecule has 3 heteroatoms. The standard InChI is InChI=1S/C10H16N2O/c1-9-10(13-9)11-5-8-12-6-3-2-4-7-12/h3-4,6-7,9-11H,2,5,8H2,1H3/t9-,10?/m1/s1. The maximum atomic E-state index is 5.24. The molecule has 0 aromatic heterocycles. The molecule has 0 spiro atoms. The molecule has 2 heterocycles. The largest absolute Gasteiger partial charge is 0.354 e. The summed E-state index contributed by atoms with van der Waals surface area (Å²) in [6, 6.07) is 0. The van der Waals surface area contributed by atoms with Crippen LogP contribution in [0.4, 0.5) is 0 Å². The molecule has 1 unspecified atom stereocenters. The van der Waals surface area contributed by atoms with Gasteiger partial charge < -0.3 is 9.64 Å². The van der Waals surface area contributed by atoms with Gasteiger partial charge in [-0.05, 0) is 25.7 Å². The smallest absolute Gasteiger partial charge is 0.135 e. The third kappa shape index (κ3) is 2.57. The molecule has 0 amide bonds. The molecular weight excluding hydrogens is 164 g/mol. The molecule has 2 aliphatic rings. The summed E-state index contributed by atoms with van der Waals surface area (Å²) in [5.41, 5.74) is 0. The molecule has 2 rings (SSSR count). The van der Waals surface area contributed by atoms with Crippen LogP contribution in [-0.2, 0) is 4.74 Å². The van der Waals surface area contributed by atoms with Crippen LogP contribution in [0.1, 0.15) is 13.3 Å². The van der Waals surface area contributed by atoms with Crippen LogP contribution in [0.3, 0.4) is 0 Å². The molecule has 0 aliphatic carbocycles. The second kappa shape index (κ2) is 3.94. The third-order valence-electron chi connectivity index (χ3n) is 2.29. The van der Waals surface area contributed by atoms with E-state index < -0.39 is 0 Å². The molecule has 13 heavy (non-hydrogen) atoms. The van der Waals surface area contributed by atoms with Crippen molar-refractivity contribution in [2.24, 2.45) is 0 Å². The molecule has 1 N–H and O–H groups in total. The lowest BCUT2D eigenvalue weighted by atomic mass is 10.3. The van der Waals surface area contributed by atoms with Gasteiger partial charge >= 0.3 is 0 Å². The van der Waals surface area contributed by atoms with Gasteiger partial charge in [0, 0.05) is 13.1 Å². The Bertz CT molecular complexity index is 213. The van der Waals surface area contributed by atoms with Crippen molar-refractivity contribution in [1.29, 1.82) is 0 Å². The Balaban J connectivity index is 1.59. The molecule has 0 saturated carbocycles.